The van der Waals surface area contributed by atoms with E-state index in [0.717, 1.165) is 24.4 Å². The van der Waals surface area contributed by atoms with Gasteiger partial charge in [-0.25, -0.2) is 4.89 Å². The van der Waals surface area contributed by atoms with Crippen molar-refractivity contribution in [2.45, 2.75) is 64.2 Å². The molecule has 0 aliphatic heterocycles. The van der Waals surface area contributed by atoms with Crippen molar-refractivity contribution in [1.29, 1.82) is 0 Å². The highest BCUT2D eigenvalue weighted by Crippen LogP contribution is 2.40. The maximum atomic E-state index is 5.22. The first kappa shape index (κ1) is 13.6. The van der Waals surface area contributed by atoms with E-state index in [-0.39, 0.29) is 0 Å². The first-order valence-corrected chi connectivity index (χ1v) is 7.78. The summed E-state index contributed by atoms with van der Waals surface area (Å²) in [5, 5.41) is 0. The standard InChI is InChI=1S/C14H25O2Si/c17-16-15-11-14(12-7-3-1-4-8-12)13-9-5-2-6-10-13/h12-14H,1-11H2. The lowest BCUT2D eigenvalue weighted by Gasteiger charge is -2.37. The highest BCUT2D eigenvalue weighted by Gasteiger charge is 2.31. The van der Waals surface area contributed by atoms with Gasteiger partial charge in [0.2, 0.25) is 0 Å². The Bertz CT molecular complexity index is 180. The van der Waals surface area contributed by atoms with Gasteiger partial charge in [-0.2, -0.15) is 0 Å². The van der Waals surface area contributed by atoms with Crippen molar-refractivity contribution in [2.75, 3.05) is 6.61 Å². The summed E-state index contributed by atoms with van der Waals surface area (Å²) >= 11 is 0. The van der Waals surface area contributed by atoms with Crippen molar-refractivity contribution in [2.24, 2.45) is 17.8 Å². The van der Waals surface area contributed by atoms with Crippen LogP contribution in [0.5, 0.6) is 0 Å². The summed E-state index contributed by atoms with van der Waals surface area (Å²) in [4.78, 5) is 5.22. The fraction of sp³-hybridized carbons (Fsp3) is 1.00. The molecule has 0 amide bonds. The molecule has 0 N–H and O–H groups in total. The highest BCUT2D eigenvalue weighted by atomic mass is 28.2. The Balaban J connectivity index is 1.90. The molecule has 3 heteroatoms. The predicted molar refractivity (Wildman–Crippen MR) is 69.4 cm³/mol. The Morgan fingerprint density at radius 3 is 1.71 bits per heavy atom. The average molecular weight is 253 g/mol. The van der Waals surface area contributed by atoms with Crippen molar-refractivity contribution >= 4 is 10.5 Å². The third kappa shape index (κ3) is 4.07. The van der Waals surface area contributed by atoms with E-state index in [9.17, 15) is 0 Å². The molecule has 2 fully saturated rings. The zero-order valence-corrected chi connectivity index (χ0v) is 11.8. The van der Waals surface area contributed by atoms with E-state index < -0.39 is 0 Å². The minimum atomic E-state index is 0.729. The number of hydrogen-bond donors (Lipinski definition) is 0. The molecule has 2 nitrogen and oxygen atoms in total. The van der Waals surface area contributed by atoms with E-state index >= 15 is 0 Å². The van der Waals surface area contributed by atoms with Gasteiger partial charge in [-0.15, -0.1) is 0 Å². The van der Waals surface area contributed by atoms with E-state index in [1.54, 1.807) is 0 Å². The molecular weight excluding hydrogens is 228 g/mol. The van der Waals surface area contributed by atoms with Crippen molar-refractivity contribution in [3.63, 3.8) is 0 Å². The maximum absolute atomic E-state index is 5.22. The SMILES string of the molecule is [Si]OOCC(C1CCCCC1)C1CCCCC1. The van der Waals surface area contributed by atoms with Gasteiger partial charge in [-0.1, -0.05) is 64.2 Å². The zero-order chi connectivity index (χ0) is 11.9. The third-order valence-corrected chi connectivity index (χ3v) is 4.95. The Morgan fingerprint density at radius 1 is 0.824 bits per heavy atom. The molecule has 0 aromatic carbocycles. The monoisotopic (exact) mass is 253 g/mol. The molecule has 2 rings (SSSR count). The summed E-state index contributed by atoms with van der Waals surface area (Å²) in [6, 6.07) is 0. The van der Waals surface area contributed by atoms with Gasteiger partial charge in [-0.3, -0.25) is 4.58 Å². The van der Waals surface area contributed by atoms with Crippen LogP contribution in [0.4, 0.5) is 0 Å². The molecule has 3 radical (unpaired) electrons. The highest BCUT2D eigenvalue weighted by molar-refractivity contribution is 5.97. The van der Waals surface area contributed by atoms with Gasteiger partial charge in [0.05, 0.1) is 6.61 Å². The van der Waals surface area contributed by atoms with E-state index in [0.29, 0.717) is 0 Å². The second kappa shape index (κ2) is 7.55. The van der Waals surface area contributed by atoms with E-state index in [2.05, 4.69) is 15.1 Å². The molecule has 2 aliphatic rings. The van der Waals surface area contributed by atoms with Gasteiger partial charge in [0.25, 0.3) is 0 Å². The minimum Gasteiger partial charge on any atom is -0.289 e. The lowest BCUT2D eigenvalue weighted by Crippen LogP contribution is -2.31. The van der Waals surface area contributed by atoms with Gasteiger partial charge in [0.1, 0.15) is 0 Å². The largest absolute Gasteiger partial charge is 0.302 e. The Morgan fingerprint density at radius 2 is 1.29 bits per heavy atom. The maximum Gasteiger partial charge on any atom is 0.302 e. The van der Waals surface area contributed by atoms with Gasteiger partial charge in [0, 0.05) is 0 Å². The number of rotatable bonds is 5. The summed E-state index contributed by atoms with van der Waals surface area (Å²) in [7, 11) is 2.95. The molecule has 0 aromatic rings. The summed E-state index contributed by atoms with van der Waals surface area (Å²) in [6.45, 7) is 0.777. The van der Waals surface area contributed by atoms with Gasteiger partial charge >= 0.3 is 10.5 Å². The van der Waals surface area contributed by atoms with E-state index in [1.165, 1.54) is 64.2 Å². The number of hydrogen-bond acceptors (Lipinski definition) is 2. The van der Waals surface area contributed by atoms with Crippen LogP contribution in [0.25, 0.3) is 0 Å². The van der Waals surface area contributed by atoms with Crippen LogP contribution < -0.4 is 0 Å². The fourth-order valence-corrected chi connectivity index (χ4v) is 3.96. The van der Waals surface area contributed by atoms with Crippen molar-refractivity contribution in [3.8, 4) is 0 Å². The summed E-state index contributed by atoms with van der Waals surface area (Å²) in [5.74, 6) is 2.49. The molecule has 0 atom stereocenters. The van der Waals surface area contributed by atoms with E-state index in [4.69, 9.17) is 4.89 Å². The van der Waals surface area contributed by atoms with Crippen molar-refractivity contribution < 1.29 is 9.46 Å². The summed E-state index contributed by atoms with van der Waals surface area (Å²) in [5.41, 5.74) is 0. The average Bonchev–Trinajstić information content (AvgIpc) is 2.42. The predicted octanol–water partition coefficient (Wildman–Crippen LogP) is 3.79. The molecule has 0 bridgehead atoms. The van der Waals surface area contributed by atoms with Crippen LogP contribution in [0.15, 0.2) is 0 Å². The van der Waals surface area contributed by atoms with Crippen LogP contribution in [0.2, 0.25) is 0 Å². The zero-order valence-electron chi connectivity index (χ0n) is 10.8. The lowest BCUT2D eigenvalue weighted by molar-refractivity contribution is -0.223. The Hall–Kier alpha value is 0.137. The molecule has 0 aromatic heterocycles. The van der Waals surface area contributed by atoms with Crippen LogP contribution in [0, 0.1) is 17.8 Å². The lowest BCUT2D eigenvalue weighted by atomic mass is 9.70. The molecule has 0 saturated heterocycles. The Kier molecular flexibility index (Phi) is 6.02. The van der Waals surface area contributed by atoms with Gasteiger partial charge in [-0.05, 0) is 17.8 Å². The molecule has 0 unspecified atom stereocenters. The van der Waals surface area contributed by atoms with Crippen LogP contribution in [0.1, 0.15) is 64.2 Å². The van der Waals surface area contributed by atoms with Crippen LogP contribution in [-0.4, -0.2) is 17.1 Å². The molecule has 2 saturated carbocycles. The van der Waals surface area contributed by atoms with Gasteiger partial charge < -0.3 is 0 Å². The second-order valence-corrected chi connectivity index (χ2v) is 5.99. The molecular formula is C14H25O2Si. The minimum absolute atomic E-state index is 0.729. The summed E-state index contributed by atoms with van der Waals surface area (Å²) < 4.78 is 4.66. The van der Waals surface area contributed by atoms with Crippen LogP contribution in [-0.2, 0) is 9.46 Å². The van der Waals surface area contributed by atoms with E-state index in [1.807, 2.05) is 0 Å². The van der Waals surface area contributed by atoms with Crippen molar-refractivity contribution in [3.05, 3.63) is 0 Å². The smallest absolute Gasteiger partial charge is 0.289 e. The fourth-order valence-electron chi connectivity index (χ4n) is 3.89. The molecule has 0 spiro atoms. The second-order valence-electron chi connectivity index (χ2n) is 5.83. The molecule has 17 heavy (non-hydrogen) atoms. The first-order chi connectivity index (χ1) is 8.42. The third-order valence-electron chi connectivity index (χ3n) is 4.83. The quantitative estimate of drug-likeness (QED) is 0.421. The topological polar surface area (TPSA) is 18.5 Å². The van der Waals surface area contributed by atoms with Gasteiger partial charge in [0.15, 0.2) is 0 Å². The van der Waals surface area contributed by atoms with Crippen molar-refractivity contribution in [1.82, 2.24) is 0 Å². The normalized spacial score (nSPS) is 24.4. The summed E-state index contributed by atoms with van der Waals surface area (Å²) in [6.07, 6.45) is 14.2. The van der Waals surface area contributed by atoms with Crippen LogP contribution in [0.3, 0.4) is 0 Å². The molecule has 0 heterocycles. The first-order valence-electron chi connectivity index (χ1n) is 7.37. The molecule has 2 aliphatic carbocycles. The van der Waals surface area contributed by atoms with Crippen LogP contribution >= 0.6 is 0 Å². The Labute approximate surface area is 109 Å². The molecule has 97 valence electrons.